The van der Waals surface area contributed by atoms with Gasteiger partial charge in [-0.25, -0.2) is 0 Å². The van der Waals surface area contributed by atoms with Crippen molar-refractivity contribution in [2.75, 3.05) is 0 Å². The second kappa shape index (κ2) is 5.29. The van der Waals surface area contributed by atoms with Gasteiger partial charge in [0.15, 0.2) is 0 Å². The quantitative estimate of drug-likeness (QED) is 0.928. The molecular weight excluding hydrogens is 256 g/mol. The number of rotatable bonds is 3. The van der Waals surface area contributed by atoms with Gasteiger partial charge in [0.25, 0.3) is 5.91 Å². The van der Waals surface area contributed by atoms with Crippen molar-refractivity contribution < 1.29 is 4.79 Å². The monoisotopic (exact) mass is 266 g/mol. The Morgan fingerprint density at radius 1 is 1.41 bits per heavy atom. The smallest absolute Gasteiger partial charge is 0.254 e. The van der Waals surface area contributed by atoms with E-state index in [0.29, 0.717) is 17.1 Å². The first kappa shape index (κ1) is 12.1. The lowest BCUT2D eigenvalue weighted by atomic mass is 10.2. The molecule has 1 heterocycles. The number of aromatic nitrogens is 1. The van der Waals surface area contributed by atoms with Crippen molar-refractivity contribution >= 4 is 29.0 Å². The van der Waals surface area contributed by atoms with Crippen molar-refractivity contribution in [2.24, 2.45) is 0 Å². The van der Waals surface area contributed by atoms with Crippen LogP contribution in [-0.4, -0.2) is 10.3 Å². The summed E-state index contributed by atoms with van der Waals surface area (Å²) in [7, 11) is 0. The van der Waals surface area contributed by atoms with Gasteiger partial charge in [-0.2, -0.15) is 4.37 Å². The summed E-state index contributed by atoms with van der Waals surface area (Å²) in [6.45, 7) is 2.32. The molecule has 17 heavy (non-hydrogen) atoms. The lowest BCUT2D eigenvalue weighted by molar-refractivity contribution is 0.0950. The minimum Gasteiger partial charge on any atom is -0.348 e. The van der Waals surface area contributed by atoms with Gasteiger partial charge in [-0.05, 0) is 36.2 Å². The molecule has 0 aliphatic heterocycles. The second-order valence-corrected chi connectivity index (χ2v) is 4.69. The molecule has 0 unspecified atom stereocenters. The molecule has 88 valence electrons. The molecular formula is C12H11ClN2OS. The Kier molecular flexibility index (Phi) is 3.76. The molecule has 0 fully saturated rings. The summed E-state index contributed by atoms with van der Waals surface area (Å²) in [6, 6.07) is 7.39. The normalized spacial score (nSPS) is 10.2. The Bertz CT molecular complexity index is 522. The number of nitrogens with zero attached hydrogens (tertiary/aromatic N) is 1. The SMILES string of the molecule is Cc1nscc1C(=O)NCc1ccc(Cl)cc1. The highest BCUT2D eigenvalue weighted by Crippen LogP contribution is 2.11. The van der Waals surface area contributed by atoms with Crippen molar-refractivity contribution in [1.82, 2.24) is 9.69 Å². The van der Waals surface area contributed by atoms with Crippen molar-refractivity contribution in [3.63, 3.8) is 0 Å². The lowest BCUT2D eigenvalue weighted by Crippen LogP contribution is -2.22. The van der Waals surface area contributed by atoms with E-state index in [1.54, 1.807) is 17.5 Å². The summed E-state index contributed by atoms with van der Waals surface area (Å²) >= 11 is 7.07. The molecule has 0 aliphatic rings. The molecule has 0 spiro atoms. The Balaban J connectivity index is 1.97. The van der Waals surface area contributed by atoms with Crippen LogP contribution in [0.2, 0.25) is 5.02 Å². The Hall–Kier alpha value is -1.39. The van der Waals surface area contributed by atoms with E-state index in [-0.39, 0.29) is 5.91 Å². The number of carbonyl (C=O) groups is 1. The van der Waals surface area contributed by atoms with Crippen LogP contribution in [0.3, 0.4) is 0 Å². The number of benzene rings is 1. The molecule has 0 saturated heterocycles. The fraction of sp³-hybridized carbons (Fsp3) is 0.167. The molecule has 5 heteroatoms. The highest BCUT2D eigenvalue weighted by Gasteiger charge is 2.10. The van der Waals surface area contributed by atoms with E-state index in [2.05, 4.69) is 9.69 Å². The van der Waals surface area contributed by atoms with E-state index in [4.69, 9.17) is 11.6 Å². The number of amides is 1. The molecule has 0 bridgehead atoms. The molecule has 2 rings (SSSR count). The minimum atomic E-state index is -0.0915. The number of hydrogen-bond donors (Lipinski definition) is 1. The largest absolute Gasteiger partial charge is 0.348 e. The van der Waals surface area contributed by atoms with Crippen LogP contribution in [0.4, 0.5) is 0 Å². The van der Waals surface area contributed by atoms with E-state index in [1.165, 1.54) is 11.5 Å². The van der Waals surface area contributed by atoms with Crippen LogP contribution in [-0.2, 0) is 6.54 Å². The standard InChI is InChI=1S/C12H11ClN2OS/c1-8-11(7-17-15-8)12(16)14-6-9-2-4-10(13)5-3-9/h2-5,7H,6H2,1H3,(H,14,16). The van der Waals surface area contributed by atoms with E-state index in [1.807, 2.05) is 19.1 Å². The van der Waals surface area contributed by atoms with E-state index in [9.17, 15) is 4.79 Å². The fourth-order valence-corrected chi connectivity index (χ4v) is 2.21. The van der Waals surface area contributed by atoms with E-state index >= 15 is 0 Å². The summed E-state index contributed by atoms with van der Waals surface area (Å²) in [5, 5.41) is 5.30. The van der Waals surface area contributed by atoms with Crippen LogP contribution >= 0.6 is 23.1 Å². The maximum atomic E-state index is 11.8. The Morgan fingerprint density at radius 3 is 2.71 bits per heavy atom. The van der Waals surface area contributed by atoms with Gasteiger partial charge in [0, 0.05) is 16.9 Å². The lowest BCUT2D eigenvalue weighted by Gasteiger charge is -2.04. The van der Waals surface area contributed by atoms with Gasteiger partial charge in [0.2, 0.25) is 0 Å². The van der Waals surface area contributed by atoms with Crippen LogP contribution in [0.25, 0.3) is 0 Å². The third-order valence-corrected chi connectivity index (χ3v) is 3.33. The summed E-state index contributed by atoms with van der Waals surface area (Å²) in [6.07, 6.45) is 0. The average Bonchev–Trinajstić information content (AvgIpc) is 2.74. The van der Waals surface area contributed by atoms with Crippen LogP contribution in [0.1, 0.15) is 21.6 Å². The number of aryl methyl sites for hydroxylation is 1. The number of nitrogens with one attached hydrogen (secondary N) is 1. The molecule has 1 aromatic carbocycles. The maximum absolute atomic E-state index is 11.8. The van der Waals surface area contributed by atoms with Crippen molar-refractivity contribution in [3.8, 4) is 0 Å². The van der Waals surface area contributed by atoms with Crippen molar-refractivity contribution in [3.05, 3.63) is 51.5 Å². The van der Waals surface area contributed by atoms with Crippen LogP contribution < -0.4 is 5.32 Å². The molecule has 3 nitrogen and oxygen atoms in total. The molecule has 0 aliphatic carbocycles. The highest BCUT2D eigenvalue weighted by molar-refractivity contribution is 7.03. The Morgan fingerprint density at radius 2 is 2.12 bits per heavy atom. The van der Waals surface area contributed by atoms with E-state index < -0.39 is 0 Å². The number of halogens is 1. The first-order valence-corrected chi connectivity index (χ1v) is 6.32. The van der Waals surface area contributed by atoms with Gasteiger partial charge >= 0.3 is 0 Å². The zero-order valence-corrected chi connectivity index (χ0v) is 10.8. The first-order valence-electron chi connectivity index (χ1n) is 5.10. The summed E-state index contributed by atoms with van der Waals surface area (Å²) < 4.78 is 4.07. The third kappa shape index (κ3) is 3.05. The minimum absolute atomic E-state index is 0.0915. The average molecular weight is 267 g/mol. The second-order valence-electron chi connectivity index (χ2n) is 3.62. The molecule has 0 atom stereocenters. The van der Waals surface area contributed by atoms with Gasteiger partial charge in [0.1, 0.15) is 0 Å². The van der Waals surface area contributed by atoms with E-state index in [0.717, 1.165) is 11.3 Å². The predicted octanol–water partition coefficient (Wildman–Crippen LogP) is 3.03. The number of carbonyl (C=O) groups excluding carboxylic acids is 1. The molecule has 0 saturated carbocycles. The predicted molar refractivity (Wildman–Crippen MR) is 69.5 cm³/mol. The van der Waals surface area contributed by atoms with Gasteiger partial charge < -0.3 is 5.32 Å². The van der Waals surface area contributed by atoms with Gasteiger partial charge in [-0.15, -0.1) is 0 Å². The van der Waals surface area contributed by atoms with Crippen LogP contribution in [0, 0.1) is 6.92 Å². The maximum Gasteiger partial charge on any atom is 0.254 e. The zero-order chi connectivity index (χ0) is 12.3. The van der Waals surface area contributed by atoms with Crippen LogP contribution in [0.15, 0.2) is 29.6 Å². The first-order chi connectivity index (χ1) is 8.16. The molecule has 1 amide bonds. The zero-order valence-electron chi connectivity index (χ0n) is 9.24. The molecule has 1 N–H and O–H groups in total. The van der Waals surface area contributed by atoms with Gasteiger partial charge in [0.05, 0.1) is 11.3 Å². The topological polar surface area (TPSA) is 42.0 Å². The summed E-state index contributed by atoms with van der Waals surface area (Å²) in [4.78, 5) is 11.8. The molecule has 2 aromatic rings. The molecule has 1 aromatic heterocycles. The van der Waals surface area contributed by atoms with Gasteiger partial charge in [-0.3, -0.25) is 4.79 Å². The molecule has 0 radical (unpaired) electrons. The van der Waals surface area contributed by atoms with Gasteiger partial charge in [-0.1, -0.05) is 23.7 Å². The third-order valence-electron chi connectivity index (χ3n) is 2.36. The Labute approximate surface area is 109 Å². The van der Waals surface area contributed by atoms with Crippen molar-refractivity contribution in [2.45, 2.75) is 13.5 Å². The highest BCUT2D eigenvalue weighted by atomic mass is 35.5. The summed E-state index contributed by atoms with van der Waals surface area (Å²) in [5.74, 6) is -0.0915. The van der Waals surface area contributed by atoms with Crippen molar-refractivity contribution in [1.29, 1.82) is 0 Å². The number of hydrogen-bond acceptors (Lipinski definition) is 3. The fourth-order valence-electron chi connectivity index (χ4n) is 1.39. The summed E-state index contributed by atoms with van der Waals surface area (Å²) in [5.41, 5.74) is 2.43. The van der Waals surface area contributed by atoms with Crippen LogP contribution in [0.5, 0.6) is 0 Å².